The Morgan fingerprint density at radius 3 is 1.20 bits per heavy atom. The van der Waals surface area contributed by atoms with E-state index in [0.717, 1.165) is 61.3 Å². The Hall–Kier alpha value is -7.12. The average Bonchev–Trinajstić information content (AvgIpc) is 4.04. The van der Waals surface area contributed by atoms with Gasteiger partial charge in [0.05, 0.1) is 33.4 Å². The SMILES string of the molecule is Cc1c(-n2c3ccccc3c3c4c(ccc32)sc2ccccc24)c(-c2ccc(F)cc2)cc(-c2ccc(F)cc2)c1-n1c2ccccc2c2c3c(ccc21)sc1ccccc13. The summed E-state index contributed by atoms with van der Waals surface area (Å²) in [5.74, 6) is -0.586. The van der Waals surface area contributed by atoms with Crippen molar-refractivity contribution in [3.8, 4) is 33.6 Å². The third kappa shape index (κ3) is 4.92. The van der Waals surface area contributed by atoms with Gasteiger partial charge in [0.15, 0.2) is 0 Å². The fourth-order valence-corrected chi connectivity index (χ4v) is 12.3. The number of rotatable bonds is 4. The van der Waals surface area contributed by atoms with E-state index in [4.69, 9.17) is 0 Å². The zero-order valence-corrected chi connectivity index (χ0v) is 34.3. The molecule has 0 unspecified atom stereocenters. The molecule has 61 heavy (non-hydrogen) atoms. The Morgan fingerprint density at radius 1 is 0.361 bits per heavy atom. The third-order valence-electron chi connectivity index (χ3n) is 12.6. The van der Waals surface area contributed by atoms with Crippen LogP contribution in [0.3, 0.4) is 0 Å². The van der Waals surface area contributed by atoms with Gasteiger partial charge in [-0.3, -0.25) is 0 Å². The number of nitrogens with zero attached hydrogens (tertiary/aromatic N) is 2. The van der Waals surface area contributed by atoms with Gasteiger partial charge in [0, 0.05) is 73.0 Å². The van der Waals surface area contributed by atoms with Gasteiger partial charge in [-0.05, 0) is 102 Å². The van der Waals surface area contributed by atoms with Gasteiger partial charge in [0.1, 0.15) is 11.6 Å². The van der Waals surface area contributed by atoms with E-state index in [2.05, 4.69) is 143 Å². The van der Waals surface area contributed by atoms with Gasteiger partial charge in [-0.15, -0.1) is 22.7 Å². The number of fused-ring (bicyclic) bond motifs is 14. The molecule has 0 fully saturated rings. The van der Waals surface area contributed by atoms with Crippen molar-refractivity contribution < 1.29 is 8.78 Å². The van der Waals surface area contributed by atoms with Crippen molar-refractivity contribution in [1.29, 1.82) is 0 Å². The molecule has 0 bridgehead atoms. The lowest BCUT2D eigenvalue weighted by Gasteiger charge is -2.25. The summed E-state index contributed by atoms with van der Waals surface area (Å²) in [5.41, 5.74) is 11.1. The Bertz CT molecular complexity index is 3700. The molecule has 0 saturated heterocycles. The van der Waals surface area contributed by atoms with E-state index in [1.807, 2.05) is 46.9 Å². The molecule has 4 aromatic heterocycles. The number of benzene rings is 9. The van der Waals surface area contributed by atoms with Crippen molar-refractivity contribution in [2.24, 2.45) is 0 Å². The first kappa shape index (κ1) is 34.7. The summed E-state index contributed by atoms with van der Waals surface area (Å²) in [6, 6.07) is 59.7. The zero-order valence-electron chi connectivity index (χ0n) is 32.7. The van der Waals surface area contributed by atoms with Crippen LogP contribution in [0.25, 0.3) is 118 Å². The highest BCUT2D eigenvalue weighted by Crippen LogP contribution is 2.50. The molecule has 0 N–H and O–H groups in total. The van der Waals surface area contributed by atoms with E-state index in [-0.39, 0.29) is 11.6 Å². The molecule has 0 aliphatic rings. The van der Waals surface area contributed by atoms with Crippen molar-refractivity contribution in [3.63, 3.8) is 0 Å². The van der Waals surface area contributed by atoms with E-state index < -0.39 is 0 Å². The Balaban J connectivity index is 1.25. The predicted molar refractivity (Wildman–Crippen MR) is 256 cm³/mol. The first-order chi connectivity index (χ1) is 30.0. The highest BCUT2D eigenvalue weighted by Gasteiger charge is 2.27. The summed E-state index contributed by atoms with van der Waals surface area (Å²) >= 11 is 3.65. The maximum atomic E-state index is 14.8. The number of hydrogen-bond acceptors (Lipinski definition) is 2. The second-order valence-corrected chi connectivity index (χ2v) is 18.0. The zero-order chi connectivity index (χ0) is 40.5. The van der Waals surface area contributed by atoms with Gasteiger partial charge in [0.2, 0.25) is 0 Å². The number of hydrogen-bond donors (Lipinski definition) is 0. The summed E-state index contributed by atoms with van der Waals surface area (Å²) in [5, 5.41) is 9.77. The fraction of sp³-hybridized carbons (Fsp3) is 0.0182. The quantitative estimate of drug-likeness (QED) is 0.167. The Labute approximate surface area is 356 Å². The molecule has 0 aliphatic carbocycles. The van der Waals surface area contributed by atoms with Gasteiger partial charge in [-0.2, -0.15) is 0 Å². The lowest BCUT2D eigenvalue weighted by molar-refractivity contribution is 0.627. The molecule has 13 rings (SSSR count). The van der Waals surface area contributed by atoms with Crippen LogP contribution < -0.4 is 0 Å². The van der Waals surface area contributed by atoms with Crippen LogP contribution in [0.2, 0.25) is 0 Å². The summed E-state index contributed by atoms with van der Waals surface area (Å²) in [7, 11) is 0. The minimum atomic E-state index is -0.293. The van der Waals surface area contributed by atoms with Crippen molar-refractivity contribution in [1.82, 2.24) is 9.13 Å². The Kier molecular flexibility index (Phi) is 7.36. The van der Waals surface area contributed by atoms with Gasteiger partial charge in [0.25, 0.3) is 0 Å². The maximum Gasteiger partial charge on any atom is 0.123 e. The Morgan fingerprint density at radius 2 is 0.754 bits per heavy atom. The normalized spacial score (nSPS) is 12.2. The summed E-state index contributed by atoms with van der Waals surface area (Å²) in [4.78, 5) is 0. The van der Waals surface area contributed by atoms with E-state index in [0.29, 0.717) is 0 Å². The van der Waals surface area contributed by atoms with Crippen LogP contribution in [-0.2, 0) is 0 Å². The highest BCUT2D eigenvalue weighted by atomic mass is 32.1. The predicted octanol–water partition coefficient (Wildman–Crippen LogP) is 16.5. The molecule has 9 aromatic carbocycles. The molecule has 13 aromatic rings. The maximum absolute atomic E-state index is 14.8. The van der Waals surface area contributed by atoms with Crippen LogP contribution in [-0.4, -0.2) is 9.13 Å². The molecular formula is C55H32F2N2S2. The lowest BCUT2D eigenvalue weighted by Crippen LogP contribution is -2.08. The largest absolute Gasteiger partial charge is 0.308 e. The number of para-hydroxylation sites is 2. The molecular weight excluding hydrogens is 791 g/mol. The second kappa shape index (κ2) is 12.9. The molecule has 0 saturated carbocycles. The molecule has 0 aliphatic heterocycles. The summed E-state index contributed by atoms with van der Waals surface area (Å²) in [6.07, 6.45) is 0. The number of aromatic nitrogens is 2. The van der Waals surface area contributed by atoms with Crippen LogP contribution in [0, 0.1) is 18.6 Å². The standard InChI is InChI=1S/C55H32F2N2S2/c1-31-54(58-42-14-6-2-10-36(42)50-44(58)26-28-48-52(50)38-12-4-8-16-46(38)60-48)40(32-18-22-34(56)23-19-32)30-41(33-20-24-35(57)25-21-33)55(31)59-43-15-7-3-11-37(43)51-45(59)27-29-49-53(51)39-13-5-9-17-47(39)61-49/h2-30H,1H3. The molecule has 4 heterocycles. The highest BCUT2D eigenvalue weighted by molar-refractivity contribution is 7.26. The molecule has 0 spiro atoms. The minimum absolute atomic E-state index is 0.293. The van der Waals surface area contributed by atoms with Crippen LogP contribution in [0.15, 0.2) is 176 Å². The monoisotopic (exact) mass is 822 g/mol. The average molecular weight is 823 g/mol. The van der Waals surface area contributed by atoms with Crippen LogP contribution in [0.4, 0.5) is 8.78 Å². The van der Waals surface area contributed by atoms with Gasteiger partial charge >= 0.3 is 0 Å². The van der Waals surface area contributed by atoms with Crippen molar-refractivity contribution in [2.45, 2.75) is 6.92 Å². The van der Waals surface area contributed by atoms with E-state index >= 15 is 0 Å². The number of thiophene rings is 2. The molecule has 2 nitrogen and oxygen atoms in total. The molecule has 0 amide bonds. The van der Waals surface area contributed by atoms with Crippen molar-refractivity contribution >= 4 is 107 Å². The second-order valence-electron chi connectivity index (χ2n) is 15.9. The molecule has 288 valence electrons. The smallest absolute Gasteiger partial charge is 0.123 e. The fourth-order valence-electron chi connectivity index (χ4n) is 10.1. The molecule has 6 heteroatoms. The van der Waals surface area contributed by atoms with Crippen LogP contribution in [0.1, 0.15) is 5.56 Å². The van der Waals surface area contributed by atoms with Crippen LogP contribution in [0.5, 0.6) is 0 Å². The van der Waals surface area contributed by atoms with E-state index in [1.54, 1.807) is 0 Å². The van der Waals surface area contributed by atoms with E-state index in [9.17, 15) is 8.78 Å². The summed E-state index contributed by atoms with van der Waals surface area (Å²) < 4.78 is 39.5. The van der Waals surface area contributed by atoms with Gasteiger partial charge in [-0.25, -0.2) is 8.78 Å². The first-order valence-electron chi connectivity index (χ1n) is 20.4. The van der Waals surface area contributed by atoms with Crippen molar-refractivity contribution in [3.05, 3.63) is 193 Å². The molecule has 0 atom stereocenters. The van der Waals surface area contributed by atoms with Gasteiger partial charge in [-0.1, -0.05) is 97.1 Å². The van der Waals surface area contributed by atoms with Gasteiger partial charge < -0.3 is 9.13 Å². The minimum Gasteiger partial charge on any atom is -0.308 e. The third-order valence-corrected chi connectivity index (χ3v) is 14.9. The van der Waals surface area contributed by atoms with Crippen molar-refractivity contribution in [2.75, 3.05) is 0 Å². The summed E-state index contributed by atoms with van der Waals surface area (Å²) in [6.45, 7) is 2.23. The molecule has 0 radical (unpaired) electrons. The topological polar surface area (TPSA) is 9.86 Å². The van der Waals surface area contributed by atoms with Crippen LogP contribution >= 0.6 is 22.7 Å². The lowest BCUT2D eigenvalue weighted by atomic mass is 9.91. The van der Waals surface area contributed by atoms with E-state index in [1.165, 1.54) is 86.2 Å². The number of halogens is 2. The first-order valence-corrected chi connectivity index (χ1v) is 22.0.